The first-order valence-electron chi connectivity index (χ1n) is 6.98. The number of hydrogen-bond acceptors (Lipinski definition) is 3. The summed E-state index contributed by atoms with van der Waals surface area (Å²) in [6, 6.07) is 6.48. The number of aromatic nitrogens is 2. The van der Waals surface area contributed by atoms with Gasteiger partial charge in [-0.3, -0.25) is 4.79 Å². The highest BCUT2D eigenvalue weighted by Gasteiger charge is 2.24. The van der Waals surface area contributed by atoms with E-state index in [0.717, 1.165) is 12.8 Å². The average Bonchev–Trinajstić information content (AvgIpc) is 2.52. The van der Waals surface area contributed by atoms with Crippen LogP contribution in [0.4, 0.5) is 4.39 Å². The lowest BCUT2D eigenvalue weighted by Crippen LogP contribution is -2.12. The van der Waals surface area contributed by atoms with Crippen molar-refractivity contribution in [1.29, 1.82) is 0 Å². The van der Waals surface area contributed by atoms with E-state index < -0.39 is 10.6 Å². The van der Waals surface area contributed by atoms with Crippen LogP contribution in [0.5, 0.6) is 0 Å². The second kappa shape index (κ2) is 7.79. The molecule has 0 bridgehead atoms. The van der Waals surface area contributed by atoms with Crippen LogP contribution in [-0.4, -0.2) is 15.8 Å². The number of ketones is 1. The lowest BCUT2D eigenvalue weighted by atomic mass is 10.00. The summed E-state index contributed by atoms with van der Waals surface area (Å²) >= 11 is 8.99. The number of benzene rings is 1. The van der Waals surface area contributed by atoms with E-state index in [9.17, 15) is 9.18 Å². The fourth-order valence-electron chi connectivity index (χ4n) is 2.09. The Bertz CT molecular complexity index is 681. The van der Waals surface area contributed by atoms with Gasteiger partial charge in [-0.1, -0.05) is 41.4 Å². The van der Waals surface area contributed by atoms with Gasteiger partial charge in [0.25, 0.3) is 0 Å². The minimum atomic E-state index is -0.760. The number of aryl methyl sites for hydroxylation is 1. The second-order valence-corrected chi connectivity index (χ2v) is 6.11. The van der Waals surface area contributed by atoms with Gasteiger partial charge in [0.1, 0.15) is 10.6 Å². The number of hydrogen-bond donors (Lipinski definition) is 0. The van der Waals surface area contributed by atoms with Crippen LogP contribution in [0.1, 0.15) is 46.2 Å². The highest BCUT2D eigenvalue weighted by Crippen LogP contribution is 2.28. The van der Waals surface area contributed by atoms with E-state index in [4.69, 9.17) is 11.6 Å². The first-order valence-corrected chi connectivity index (χ1v) is 8.28. The summed E-state index contributed by atoms with van der Waals surface area (Å²) in [5, 5.41) is 0.0481. The van der Waals surface area contributed by atoms with Crippen LogP contribution in [0.2, 0.25) is 5.28 Å². The van der Waals surface area contributed by atoms with Gasteiger partial charge in [-0.05, 0) is 42.1 Å². The molecule has 1 heterocycles. The second-order valence-electron chi connectivity index (χ2n) is 4.86. The summed E-state index contributed by atoms with van der Waals surface area (Å²) in [4.78, 5) is 19.5. The summed E-state index contributed by atoms with van der Waals surface area (Å²) in [6.07, 6.45) is 3.93. The predicted octanol–water partition coefficient (Wildman–Crippen LogP) is 4.93. The summed E-state index contributed by atoms with van der Waals surface area (Å²) < 4.78 is 14.5. The van der Waals surface area contributed by atoms with Crippen LogP contribution in [0, 0.1) is 5.82 Å². The van der Waals surface area contributed by atoms with Crippen LogP contribution < -0.4 is 0 Å². The number of unbranched alkanes of at least 4 members (excludes halogenated alkanes) is 1. The van der Waals surface area contributed by atoms with Crippen molar-refractivity contribution in [3.63, 3.8) is 0 Å². The zero-order valence-corrected chi connectivity index (χ0v) is 14.4. The minimum absolute atomic E-state index is 0.0481. The molecule has 0 N–H and O–H groups in total. The molecular formula is C16H15BrClFN2O. The third-order valence-corrected chi connectivity index (χ3v) is 4.35. The minimum Gasteiger partial charge on any atom is -0.292 e. The van der Waals surface area contributed by atoms with Gasteiger partial charge >= 0.3 is 0 Å². The predicted molar refractivity (Wildman–Crippen MR) is 88.1 cm³/mol. The molecule has 0 saturated carbocycles. The highest BCUT2D eigenvalue weighted by atomic mass is 79.9. The number of rotatable bonds is 6. The molecule has 22 heavy (non-hydrogen) atoms. The largest absolute Gasteiger partial charge is 0.292 e. The molecule has 3 nitrogen and oxygen atoms in total. The standard InChI is InChI=1S/C16H15BrClFN2O/c1-2-3-5-10-6-4-7-11(14(10)19)15(22)13(17)12-8-9-20-16(18)21-12/h4,6-9,13H,2-3,5H2,1H3. The van der Waals surface area contributed by atoms with Crippen molar-refractivity contribution < 1.29 is 9.18 Å². The topological polar surface area (TPSA) is 42.9 Å². The zero-order valence-electron chi connectivity index (χ0n) is 12.0. The Balaban J connectivity index is 2.29. The Morgan fingerprint density at radius 3 is 2.86 bits per heavy atom. The van der Waals surface area contributed by atoms with Gasteiger partial charge in [-0.25, -0.2) is 14.4 Å². The Hall–Kier alpha value is -1.33. The van der Waals surface area contributed by atoms with E-state index in [1.807, 2.05) is 6.92 Å². The van der Waals surface area contributed by atoms with Gasteiger partial charge in [0.2, 0.25) is 5.28 Å². The van der Waals surface area contributed by atoms with E-state index in [-0.39, 0.29) is 16.6 Å². The molecule has 1 atom stereocenters. The molecule has 2 aromatic rings. The molecule has 0 fully saturated rings. The number of carbonyl (C=O) groups excluding carboxylic acids is 1. The first-order chi connectivity index (χ1) is 10.5. The molecular weight excluding hydrogens is 371 g/mol. The Morgan fingerprint density at radius 2 is 2.18 bits per heavy atom. The van der Waals surface area contributed by atoms with Crippen LogP contribution in [-0.2, 0) is 6.42 Å². The number of carbonyl (C=O) groups is 1. The number of nitrogens with zero attached hydrogens (tertiary/aromatic N) is 2. The van der Waals surface area contributed by atoms with Crippen molar-refractivity contribution in [3.05, 3.63) is 58.4 Å². The molecule has 1 aromatic heterocycles. The summed E-state index contributed by atoms with van der Waals surface area (Å²) in [5.74, 6) is -0.837. The first kappa shape index (κ1) is 17.0. The molecule has 0 amide bonds. The van der Waals surface area contributed by atoms with E-state index in [1.54, 1.807) is 18.2 Å². The lowest BCUT2D eigenvalue weighted by Gasteiger charge is -2.11. The van der Waals surface area contributed by atoms with Crippen LogP contribution in [0.25, 0.3) is 0 Å². The van der Waals surface area contributed by atoms with Crippen LogP contribution >= 0.6 is 27.5 Å². The van der Waals surface area contributed by atoms with Crippen molar-refractivity contribution in [3.8, 4) is 0 Å². The number of alkyl halides is 1. The van der Waals surface area contributed by atoms with E-state index >= 15 is 0 Å². The summed E-state index contributed by atoms with van der Waals surface area (Å²) in [5.41, 5.74) is 1.03. The summed E-state index contributed by atoms with van der Waals surface area (Å²) in [6.45, 7) is 2.04. The van der Waals surface area contributed by atoms with E-state index in [2.05, 4.69) is 25.9 Å². The van der Waals surface area contributed by atoms with Crippen molar-refractivity contribution in [2.75, 3.05) is 0 Å². The number of halogens is 3. The lowest BCUT2D eigenvalue weighted by molar-refractivity contribution is 0.0986. The third-order valence-electron chi connectivity index (χ3n) is 3.28. The maximum Gasteiger partial charge on any atom is 0.222 e. The molecule has 1 unspecified atom stereocenters. The van der Waals surface area contributed by atoms with Crippen molar-refractivity contribution >= 4 is 33.3 Å². The van der Waals surface area contributed by atoms with Gasteiger partial charge in [0.15, 0.2) is 5.78 Å². The maximum atomic E-state index is 14.5. The SMILES string of the molecule is CCCCc1cccc(C(=O)C(Br)c2ccnc(Cl)n2)c1F. The Kier molecular flexibility index (Phi) is 6.03. The molecule has 2 rings (SSSR count). The smallest absolute Gasteiger partial charge is 0.222 e. The van der Waals surface area contributed by atoms with Gasteiger partial charge < -0.3 is 0 Å². The number of Topliss-reactive ketones (excluding diaryl/α,β-unsaturated/α-hetero) is 1. The fraction of sp³-hybridized carbons (Fsp3) is 0.312. The van der Waals surface area contributed by atoms with Crippen molar-refractivity contribution in [2.45, 2.75) is 31.0 Å². The zero-order chi connectivity index (χ0) is 16.1. The maximum absolute atomic E-state index is 14.5. The normalized spacial score (nSPS) is 12.2. The van der Waals surface area contributed by atoms with Crippen LogP contribution in [0.15, 0.2) is 30.5 Å². The quantitative estimate of drug-likeness (QED) is 0.402. The van der Waals surface area contributed by atoms with E-state index in [1.165, 1.54) is 12.3 Å². The molecule has 1 aromatic carbocycles. The molecule has 0 spiro atoms. The third kappa shape index (κ3) is 3.90. The summed E-state index contributed by atoms with van der Waals surface area (Å²) in [7, 11) is 0. The Morgan fingerprint density at radius 1 is 1.41 bits per heavy atom. The molecule has 6 heteroatoms. The van der Waals surface area contributed by atoms with Gasteiger partial charge in [-0.2, -0.15) is 0 Å². The van der Waals surface area contributed by atoms with Crippen molar-refractivity contribution in [1.82, 2.24) is 9.97 Å². The molecule has 0 radical (unpaired) electrons. The van der Waals surface area contributed by atoms with Crippen LogP contribution in [0.3, 0.4) is 0 Å². The fourth-order valence-corrected chi connectivity index (χ4v) is 2.75. The van der Waals surface area contributed by atoms with E-state index in [0.29, 0.717) is 17.7 Å². The van der Waals surface area contributed by atoms with Gasteiger partial charge in [-0.15, -0.1) is 0 Å². The van der Waals surface area contributed by atoms with Gasteiger partial charge in [0.05, 0.1) is 11.3 Å². The van der Waals surface area contributed by atoms with Crippen molar-refractivity contribution in [2.24, 2.45) is 0 Å². The molecule has 0 aliphatic rings. The highest BCUT2D eigenvalue weighted by molar-refractivity contribution is 9.09. The molecule has 0 saturated heterocycles. The van der Waals surface area contributed by atoms with Gasteiger partial charge in [0, 0.05) is 6.20 Å². The molecule has 116 valence electrons. The molecule has 0 aliphatic carbocycles. The molecule has 0 aliphatic heterocycles. The Labute approximate surface area is 142 Å². The monoisotopic (exact) mass is 384 g/mol. The average molecular weight is 386 g/mol.